The predicted octanol–water partition coefficient (Wildman–Crippen LogP) is 5.29. The van der Waals surface area contributed by atoms with Gasteiger partial charge in [-0.3, -0.25) is 9.78 Å². The summed E-state index contributed by atoms with van der Waals surface area (Å²) in [5.41, 5.74) is 4.64. The molecular weight excluding hydrogens is 426 g/mol. The third-order valence-electron chi connectivity index (χ3n) is 7.24. The van der Waals surface area contributed by atoms with Crippen LogP contribution in [-0.2, 0) is 4.79 Å². The summed E-state index contributed by atoms with van der Waals surface area (Å²) in [6, 6.07) is 8.31. The predicted molar refractivity (Wildman–Crippen MR) is 133 cm³/mol. The number of nitrogens with zero attached hydrogens (tertiary/aromatic N) is 4. The molecule has 1 saturated heterocycles. The van der Waals surface area contributed by atoms with E-state index in [9.17, 15) is 4.79 Å². The van der Waals surface area contributed by atoms with Gasteiger partial charge in [0.05, 0.1) is 5.56 Å². The number of piperidine rings is 1. The molecule has 1 aliphatic heterocycles. The first-order valence-corrected chi connectivity index (χ1v) is 12.3. The van der Waals surface area contributed by atoms with Gasteiger partial charge in [-0.1, -0.05) is 13.0 Å². The zero-order chi connectivity index (χ0) is 23.2. The van der Waals surface area contributed by atoms with E-state index in [0.717, 1.165) is 59.1 Å². The number of aromatic nitrogens is 3. The average Bonchev–Trinajstić information content (AvgIpc) is 3.63. The van der Waals surface area contributed by atoms with E-state index in [2.05, 4.69) is 39.2 Å². The Morgan fingerprint density at radius 3 is 2.85 bits per heavy atom. The summed E-state index contributed by atoms with van der Waals surface area (Å²) in [4.78, 5) is 28.6. The quantitative estimate of drug-likeness (QED) is 0.440. The first-order valence-electron chi connectivity index (χ1n) is 12.3. The van der Waals surface area contributed by atoms with Crippen molar-refractivity contribution in [1.82, 2.24) is 19.9 Å². The summed E-state index contributed by atoms with van der Waals surface area (Å²) in [5, 5.41) is 4.79. The molecule has 7 nitrogen and oxygen atoms in total. The number of pyridine rings is 2. The van der Waals surface area contributed by atoms with Crippen LogP contribution in [0.15, 0.2) is 41.1 Å². The number of hydrogen-bond acceptors (Lipinski definition) is 6. The zero-order valence-corrected chi connectivity index (χ0v) is 19.7. The van der Waals surface area contributed by atoms with Crippen LogP contribution in [0.25, 0.3) is 33.3 Å². The third-order valence-corrected chi connectivity index (χ3v) is 7.24. The minimum absolute atomic E-state index is 0.0397. The molecule has 0 radical (unpaired) electrons. The molecule has 6 rings (SSSR count). The van der Waals surface area contributed by atoms with Crippen LogP contribution >= 0.6 is 0 Å². The molecule has 1 N–H and O–H groups in total. The van der Waals surface area contributed by atoms with Crippen LogP contribution in [0, 0.1) is 12.8 Å². The number of carbonyl (C=O) groups is 1. The fraction of sp³-hybridized carbons (Fsp3) is 0.407. The monoisotopic (exact) mass is 455 g/mol. The highest BCUT2D eigenvalue weighted by molar-refractivity contribution is 6.00. The van der Waals surface area contributed by atoms with Gasteiger partial charge in [0.15, 0.2) is 5.58 Å². The van der Waals surface area contributed by atoms with Crippen LogP contribution in [0.4, 0.5) is 5.82 Å². The number of nitrogens with one attached hydrogen (secondary N) is 1. The number of anilines is 1. The summed E-state index contributed by atoms with van der Waals surface area (Å²) < 4.78 is 6.19. The number of likely N-dealkylation sites (tertiary alicyclic amines) is 1. The molecule has 0 spiro atoms. The number of fused-ring (bicyclic) bond motifs is 2. The Balaban J connectivity index is 1.37. The Morgan fingerprint density at radius 2 is 2.03 bits per heavy atom. The molecule has 1 saturated carbocycles. The molecule has 1 aliphatic carbocycles. The molecule has 2 aliphatic rings. The maximum absolute atomic E-state index is 12.3. The van der Waals surface area contributed by atoms with Crippen molar-refractivity contribution >= 4 is 33.6 Å². The lowest BCUT2D eigenvalue weighted by molar-refractivity contribution is -0.117. The van der Waals surface area contributed by atoms with Gasteiger partial charge in [0.1, 0.15) is 11.3 Å². The summed E-state index contributed by atoms with van der Waals surface area (Å²) in [5.74, 6) is 1.78. The average molecular weight is 456 g/mol. The number of hydrogen-bond donors (Lipinski definition) is 1. The molecule has 1 atom stereocenters. The smallest absolute Gasteiger partial charge is 0.229 e. The number of amides is 1. The van der Waals surface area contributed by atoms with E-state index in [-0.39, 0.29) is 11.8 Å². The van der Waals surface area contributed by atoms with Crippen LogP contribution in [0.5, 0.6) is 0 Å². The lowest BCUT2D eigenvalue weighted by Crippen LogP contribution is -2.34. The topological polar surface area (TPSA) is 84.2 Å². The standard InChI is InChI=1S/C27H29N5O2/c1-3-32-10-4-5-19(15-32)18-8-9-24-23(11-18)30-27(34-24)22-14-28-16(2)21-13-29-25(12-20(21)22)31-26(33)17-6-7-17/h8-9,11-14,17,19H,3-7,10,15H2,1-2H3,(H,29,31,33). The fourth-order valence-electron chi connectivity index (χ4n) is 5.01. The Kier molecular flexibility index (Phi) is 5.29. The highest BCUT2D eigenvalue weighted by Gasteiger charge is 2.30. The van der Waals surface area contributed by atoms with E-state index < -0.39 is 0 Å². The second-order valence-corrected chi connectivity index (χ2v) is 9.61. The minimum Gasteiger partial charge on any atom is -0.436 e. The fourth-order valence-corrected chi connectivity index (χ4v) is 5.01. The first kappa shape index (κ1) is 21.2. The van der Waals surface area contributed by atoms with Gasteiger partial charge in [0.2, 0.25) is 11.8 Å². The second kappa shape index (κ2) is 8.47. The van der Waals surface area contributed by atoms with Gasteiger partial charge in [-0.05, 0) is 75.4 Å². The van der Waals surface area contributed by atoms with E-state index in [1.54, 1.807) is 12.4 Å². The van der Waals surface area contributed by atoms with E-state index >= 15 is 0 Å². The molecular formula is C27H29N5O2. The van der Waals surface area contributed by atoms with Gasteiger partial charge in [-0.2, -0.15) is 0 Å². The highest BCUT2D eigenvalue weighted by atomic mass is 16.3. The maximum Gasteiger partial charge on any atom is 0.229 e. The number of carbonyl (C=O) groups excluding carboxylic acids is 1. The van der Waals surface area contributed by atoms with Crippen LogP contribution in [0.3, 0.4) is 0 Å². The summed E-state index contributed by atoms with van der Waals surface area (Å²) >= 11 is 0. The molecule has 1 aromatic carbocycles. The minimum atomic E-state index is 0.0397. The summed E-state index contributed by atoms with van der Waals surface area (Å²) in [6.07, 6.45) is 7.92. The van der Waals surface area contributed by atoms with Crippen molar-refractivity contribution in [2.75, 3.05) is 25.0 Å². The van der Waals surface area contributed by atoms with Crippen molar-refractivity contribution in [2.45, 2.75) is 45.4 Å². The van der Waals surface area contributed by atoms with Crippen molar-refractivity contribution in [2.24, 2.45) is 5.92 Å². The molecule has 3 aromatic heterocycles. The second-order valence-electron chi connectivity index (χ2n) is 9.61. The molecule has 34 heavy (non-hydrogen) atoms. The SMILES string of the molecule is CCN1CCCC(c2ccc3oc(-c4cnc(C)c5cnc(NC(=O)C6CC6)cc45)nc3c2)C1. The molecule has 1 amide bonds. The van der Waals surface area contributed by atoms with Crippen LogP contribution in [-0.4, -0.2) is 45.4 Å². The number of likely N-dealkylation sites (N-methyl/N-ethyl adjacent to an activating group) is 1. The molecule has 4 heterocycles. The lowest BCUT2D eigenvalue weighted by atomic mass is 9.90. The normalized spacial score (nSPS) is 19.1. The van der Waals surface area contributed by atoms with Crippen molar-refractivity contribution < 1.29 is 9.21 Å². The van der Waals surface area contributed by atoms with Gasteiger partial charge in [0, 0.05) is 41.3 Å². The number of rotatable bonds is 5. The molecule has 7 heteroatoms. The molecule has 0 bridgehead atoms. The van der Waals surface area contributed by atoms with Crippen LogP contribution in [0.2, 0.25) is 0 Å². The van der Waals surface area contributed by atoms with E-state index in [0.29, 0.717) is 17.6 Å². The van der Waals surface area contributed by atoms with Crippen molar-refractivity contribution in [3.8, 4) is 11.5 Å². The van der Waals surface area contributed by atoms with Gasteiger partial charge in [0.25, 0.3) is 0 Å². The largest absolute Gasteiger partial charge is 0.436 e. The highest BCUT2D eigenvalue weighted by Crippen LogP contribution is 2.35. The van der Waals surface area contributed by atoms with E-state index in [1.807, 2.05) is 19.1 Å². The molecule has 1 unspecified atom stereocenters. The Labute approximate surface area is 198 Å². The van der Waals surface area contributed by atoms with E-state index in [4.69, 9.17) is 9.40 Å². The van der Waals surface area contributed by atoms with Crippen molar-refractivity contribution in [3.05, 3.63) is 47.9 Å². The van der Waals surface area contributed by atoms with Crippen LogP contribution in [0.1, 0.15) is 49.8 Å². The Bertz CT molecular complexity index is 1390. The first-order chi connectivity index (χ1) is 16.6. The summed E-state index contributed by atoms with van der Waals surface area (Å²) in [6.45, 7) is 7.57. The molecule has 4 aromatic rings. The van der Waals surface area contributed by atoms with Crippen LogP contribution < -0.4 is 5.32 Å². The third kappa shape index (κ3) is 3.94. The molecule has 2 fully saturated rings. The maximum atomic E-state index is 12.3. The van der Waals surface area contributed by atoms with E-state index in [1.165, 1.54) is 24.9 Å². The van der Waals surface area contributed by atoms with Gasteiger partial charge < -0.3 is 14.6 Å². The number of benzene rings is 1. The number of aryl methyl sites for hydroxylation is 1. The van der Waals surface area contributed by atoms with Gasteiger partial charge >= 0.3 is 0 Å². The number of oxazole rings is 1. The Hall–Kier alpha value is -3.32. The molecule has 174 valence electrons. The zero-order valence-electron chi connectivity index (χ0n) is 19.7. The summed E-state index contributed by atoms with van der Waals surface area (Å²) in [7, 11) is 0. The van der Waals surface area contributed by atoms with Gasteiger partial charge in [-0.25, -0.2) is 9.97 Å². The van der Waals surface area contributed by atoms with Gasteiger partial charge in [-0.15, -0.1) is 0 Å². The van der Waals surface area contributed by atoms with Crippen molar-refractivity contribution in [3.63, 3.8) is 0 Å². The Morgan fingerprint density at radius 1 is 1.15 bits per heavy atom. The lowest BCUT2D eigenvalue weighted by Gasteiger charge is -2.32. The van der Waals surface area contributed by atoms with Crippen molar-refractivity contribution in [1.29, 1.82) is 0 Å².